The number of rotatable bonds is 7. The number of aromatic carboxylic acids is 1. The topological polar surface area (TPSA) is 132 Å². The number of benzene rings is 4. The summed E-state index contributed by atoms with van der Waals surface area (Å²) in [6.07, 6.45) is -0.698. The molecule has 4 N–H and O–H groups in total. The van der Waals surface area contributed by atoms with Gasteiger partial charge in [0, 0.05) is 11.5 Å². The number of carbonyl (C=O) groups is 3. The Bertz CT molecular complexity index is 1310. The van der Waals surface area contributed by atoms with Crippen molar-refractivity contribution in [2.75, 3.05) is 0 Å². The van der Waals surface area contributed by atoms with Gasteiger partial charge in [-0.2, -0.15) is 0 Å². The summed E-state index contributed by atoms with van der Waals surface area (Å²) in [5.74, 6) is -3.48. The number of Topliss-reactive ketones (excluding diaryl/α,β-unsaturated/α-hetero) is 1. The van der Waals surface area contributed by atoms with Crippen LogP contribution in [0.3, 0.4) is 0 Å². The van der Waals surface area contributed by atoms with E-state index in [1.165, 1.54) is 12.1 Å². The van der Waals surface area contributed by atoms with Crippen molar-refractivity contribution in [1.82, 2.24) is 0 Å². The minimum absolute atomic E-state index is 0.208. The van der Waals surface area contributed by atoms with Gasteiger partial charge < -0.3 is 20.4 Å². The summed E-state index contributed by atoms with van der Waals surface area (Å²) in [7, 11) is 0. The van der Waals surface area contributed by atoms with E-state index in [0.29, 0.717) is 5.56 Å². The maximum atomic E-state index is 10.7. The van der Waals surface area contributed by atoms with Crippen LogP contribution in [0.2, 0.25) is 0 Å². The maximum absolute atomic E-state index is 10.7. The molecule has 0 bridgehead atoms. The third-order valence-electron chi connectivity index (χ3n) is 6.11. The van der Waals surface area contributed by atoms with Crippen LogP contribution in [-0.2, 0) is 10.4 Å². The summed E-state index contributed by atoms with van der Waals surface area (Å²) >= 11 is 0. The molecule has 0 heterocycles. The minimum atomic E-state index is -1.42. The van der Waals surface area contributed by atoms with Crippen molar-refractivity contribution in [2.45, 2.75) is 25.6 Å². The number of aliphatic hydroxyl groups is 2. The molecule has 0 spiro atoms. The lowest BCUT2D eigenvalue weighted by atomic mass is 9.79. The first-order chi connectivity index (χ1) is 18.6. The molecule has 4 aromatic carbocycles. The second kappa shape index (κ2) is 15.0. The molecule has 0 radical (unpaired) electrons. The Labute approximate surface area is 227 Å². The summed E-state index contributed by atoms with van der Waals surface area (Å²) in [4.78, 5) is 31.1. The Hall–Kier alpha value is -4.59. The average molecular weight is 529 g/mol. The lowest BCUT2D eigenvalue weighted by molar-refractivity contribution is -0.131. The molecule has 7 nitrogen and oxygen atoms in total. The molecule has 202 valence electrons. The number of carboxylic acid groups (broad SMARTS) is 2. The first kappa shape index (κ1) is 30.6. The van der Waals surface area contributed by atoms with Gasteiger partial charge in [0.2, 0.25) is 0 Å². The third kappa shape index (κ3) is 9.34. The highest BCUT2D eigenvalue weighted by molar-refractivity contribution is 6.39. The lowest BCUT2D eigenvalue weighted by Gasteiger charge is -2.34. The van der Waals surface area contributed by atoms with E-state index in [9.17, 15) is 24.6 Å². The van der Waals surface area contributed by atoms with E-state index in [1.807, 2.05) is 67.6 Å². The number of carboxylic acids is 2. The van der Waals surface area contributed by atoms with Crippen LogP contribution < -0.4 is 0 Å². The summed E-state index contributed by atoms with van der Waals surface area (Å²) in [5.41, 5.74) is 1.11. The fourth-order valence-corrected chi connectivity index (χ4v) is 3.58. The molecule has 0 saturated heterocycles. The van der Waals surface area contributed by atoms with E-state index >= 15 is 0 Å². The maximum Gasteiger partial charge on any atom is 0.377 e. The zero-order chi connectivity index (χ0) is 28.8. The number of aliphatic hydroxyl groups excluding tert-OH is 1. The van der Waals surface area contributed by atoms with Crippen molar-refractivity contribution in [3.8, 4) is 0 Å². The molecule has 0 aliphatic carbocycles. The van der Waals surface area contributed by atoms with E-state index in [4.69, 9.17) is 10.2 Å². The zero-order valence-electron chi connectivity index (χ0n) is 21.7. The monoisotopic (exact) mass is 528 g/mol. The van der Waals surface area contributed by atoms with E-state index < -0.39 is 29.4 Å². The van der Waals surface area contributed by atoms with Gasteiger partial charge in [0.1, 0.15) is 0 Å². The number of carbonyl (C=O) groups excluding carboxylic acids is 1. The Morgan fingerprint density at radius 3 is 1.41 bits per heavy atom. The first-order valence-electron chi connectivity index (χ1n) is 12.2. The van der Waals surface area contributed by atoms with Crippen molar-refractivity contribution in [3.05, 3.63) is 144 Å². The second-order valence-corrected chi connectivity index (χ2v) is 8.83. The van der Waals surface area contributed by atoms with Gasteiger partial charge in [-0.05, 0) is 30.2 Å². The summed E-state index contributed by atoms with van der Waals surface area (Å²) < 4.78 is 0. The molecule has 4 rings (SSSR count). The van der Waals surface area contributed by atoms with Gasteiger partial charge in [0.05, 0.1) is 17.3 Å². The van der Waals surface area contributed by atoms with Crippen LogP contribution in [0.4, 0.5) is 0 Å². The van der Waals surface area contributed by atoms with E-state index in [1.54, 1.807) is 55.5 Å². The number of hydrogen-bond acceptors (Lipinski definition) is 5. The Morgan fingerprint density at radius 1 is 0.641 bits per heavy atom. The highest BCUT2D eigenvalue weighted by Gasteiger charge is 2.35. The number of hydrogen-bond donors (Lipinski definition) is 4. The zero-order valence-corrected chi connectivity index (χ0v) is 21.7. The second-order valence-electron chi connectivity index (χ2n) is 8.83. The first-order valence-corrected chi connectivity index (χ1v) is 12.2. The van der Waals surface area contributed by atoms with Crippen LogP contribution in [0, 0.1) is 5.92 Å². The van der Waals surface area contributed by atoms with Crippen LogP contribution in [0.15, 0.2) is 121 Å². The molecule has 0 saturated carbocycles. The SMILES string of the molecule is CC(C(O)c1ccccc1)C(C)(O)c1ccccc1.O=C(O)C(=O)c1ccccc1.O=C(O)c1ccccc1. The molecule has 3 atom stereocenters. The molecule has 4 aromatic rings. The van der Waals surface area contributed by atoms with Crippen molar-refractivity contribution in [3.63, 3.8) is 0 Å². The smallest absolute Gasteiger partial charge is 0.377 e. The van der Waals surface area contributed by atoms with Crippen LogP contribution in [0.5, 0.6) is 0 Å². The Kier molecular flexibility index (Phi) is 11.8. The molecule has 3 unspecified atom stereocenters. The number of ketones is 1. The van der Waals surface area contributed by atoms with Crippen LogP contribution in [-0.4, -0.2) is 38.1 Å². The molecule has 0 aromatic heterocycles. The molecule has 39 heavy (non-hydrogen) atoms. The Balaban J connectivity index is 0.000000226. The van der Waals surface area contributed by atoms with Gasteiger partial charge in [0.15, 0.2) is 0 Å². The quantitative estimate of drug-likeness (QED) is 0.181. The van der Waals surface area contributed by atoms with E-state index in [2.05, 4.69) is 0 Å². The molecule has 0 aliphatic rings. The van der Waals surface area contributed by atoms with Crippen LogP contribution in [0.1, 0.15) is 51.8 Å². The normalized spacial score (nSPS) is 13.1. The van der Waals surface area contributed by atoms with Gasteiger partial charge in [-0.3, -0.25) is 4.79 Å². The van der Waals surface area contributed by atoms with Crippen molar-refractivity contribution >= 4 is 17.7 Å². The van der Waals surface area contributed by atoms with E-state index in [-0.39, 0.29) is 11.5 Å². The Morgan fingerprint density at radius 2 is 1.03 bits per heavy atom. The van der Waals surface area contributed by atoms with Crippen LogP contribution in [0.25, 0.3) is 0 Å². The van der Waals surface area contributed by atoms with E-state index in [0.717, 1.165) is 11.1 Å². The van der Waals surface area contributed by atoms with Gasteiger partial charge in [0.25, 0.3) is 5.78 Å². The molecule has 7 heteroatoms. The van der Waals surface area contributed by atoms with Crippen molar-refractivity contribution < 1.29 is 34.8 Å². The summed E-state index contributed by atoms with van der Waals surface area (Å²) in [6, 6.07) is 35.1. The standard InChI is InChI=1S/C17H20O2.C8H6O3.C7H6O2/c1-13(16(18)14-9-5-3-6-10-14)17(2,19)15-11-7-4-8-12-15;9-7(8(10)11)6-4-2-1-3-5-6;8-7(9)6-4-2-1-3-5-6/h3-13,16,18-19H,1-2H3;1-5H,(H,10,11);1-5H,(H,8,9). The molecular formula is C32H32O7. The van der Waals surface area contributed by atoms with Gasteiger partial charge in [-0.15, -0.1) is 0 Å². The highest BCUT2D eigenvalue weighted by Crippen LogP contribution is 2.37. The molecular weight excluding hydrogens is 496 g/mol. The largest absolute Gasteiger partial charge is 0.478 e. The third-order valence-corrected chi connectivity index (χ3v) is 6.11. The van der Waals surface area contributed by atoms with Crippen LogP contribution >= 0.6 is 0 Å². The minimum Gasteiger partial charge on any atom is -0.478 e. The lowest BCUT2D eigenvalue weighted by Crippen LogP contribution is -2.34. The van der Waals surface area contributed by atoms with Crippen molar-refractivity contribution in [2.24, 2.45) is 5.92 Å². The summed E-state index contributed by atoms with van der Waals surface area (Å²) in [6.45, 7) is 3.61. The molecule has 0 fully saturated rings. The average Bonchev–Trinajstić information content (AvgIpc) is 2.98. The fraction of sp³-hybridized carbons (Fsp3) is 0.156. The van der Waals surface area contributed by atoms with Crippen molar-refractivity contribution in [1.29, 1.82) is 0 Å². The molecule has 0 aliphatic heterocycles. The fourth-order valence-electron chi connectivity index (χ4n) is 3.58. The van der Waals surface area contributed by atoms with Gasteiger partial charge in [-0.1, -0.05) is 116 Å². The number of aliphatic carboxylic acids is 1. The van der Waals surface area contributed by atoms with Gasteiger partial charge in [-0.25, -0.2) is 9.59 Å². The summed E-state index contributed by atoms with van der Waals surface area (Å²) in [5, 5.41) is 37.8. The molecule has 0 amide bonds. The van der Waals surface area contributed by atoms with Gasteiger partial charge >= 0.3 is 11.9 Å². The predicted molar refractivity (Wildman–Crippen MR) is 148 cm³/mol. The predicted octanol–water partition coefficient (Wildman–Crippen LogP) is 5.60. The highest BCUT2D eigenvalue weighted by atomic mass is 16.4.